The lowest BCUT2D eigenvalue weighted by Gasteiger charge is -2.28. The Morgan fingerprint density at radius 3 is 2.50 bits per heavy atom. The van der Waals surface area contributed by atoms with Gasteiger partial charge in [-0.05, 0) is 32.1 Å². The molecule has 0 fully saturated rings. The van der Waals surface area contributed by atoms with Crippen molar-refractivity contribution in [1.82, 2.24) is 14.8 Å². The Bertz CT molecular complexity index is 415. The summed E-state index contributed by atoms with van der Waals surface area (Å²) < 4.78 is 1.72. The molecule has 0 unspecified atom stereocenters. The highest BCUT2D eigenvalue weighted by molar-refractivity contribution is 9.09. The molecule has 0 amide bonds. The maximum atomic E-state index is 11.6. The van der Waals surface area contributed by atoms with Gasteiger partial charge in [-0.15, -0.1) is 5.10 Å². The lowest BCUT2D eigenvalue weighted by molar-refractivity contribution is 0.358. The van der Waals surface area contributed by atoms with Crippen LogP contribution in [0.25, 0.3) is 0 Å². The molecule has 0 saturated carbocycles. The van der Waals surface area contributed by atoms with Gasteiger partial charge in [0.15, 0.2) is 5.16 Å². The smallest absolute Gasteiger partial charge is 0.268 e. The number of aromatic amines is 1. The molecule has 0 saturated heterocycles. The van der Waals surface area contributed by atoms with Crippen LogP contribution in [-0.4, -0.2) is 25.8 Å². The molecule has 1 rings (SSSR count). The minimum Gasteiger partial charge on any atom is -0.268 e. The van der Waals surface area contributed by atoms with Gasteiger partial charge < -0.3 is 0 Å². The first-order chi connectivity index (χ1) is 8.49. The molecular weight excluding hydrogens is 314 g/mol. The van der Waals surface area contributed by atoms with Gasteiger partial charge in [0, 0.05) is 17.1 Å². The first kappa shape index (κ1) is 15.8. The number of nitrogens with zero attached hydrogens (tertiary/aromatic N) is 2. The fraction of sp³-hybridized carbons (Fsp3) is 0.833. The number of nitrogens with one attached hydrogen (secondary N) is 1. The number of alkyl halides is 1. The zero-order chi connectivity index (χ0) is 13.8. The lowest BCUT2D eigenvalue weighted by Crippen LogP contribution is -2.25. The van der Waals surface area contributed by atoms with Crippen molar-refractivity contribution in [3.05, 3.63) is 10.5 Å². The van der Waals surface area contributed by atoms with Gasteiger partial charge in [0.1, 0.15) is 0 Å². The molecule has 0 bridgehead atoms. The standard InChI is InChI=1S/C12H22BrN3OS/c1-5-12(6-2,7-13)8-18-11-15-14-10(17)16(11)9(3)4/h9H,5-8H2,1-4H3,(H,14,17). The van der Waals surface area contributed by atoms with Crippen LogP contribution in [0.4, 0.5) is 0 Å². The van der Waals surface area contributed by atoms with E-state index in [-0.39, 0.29) is 17.1 Å². The van der Waals surface area contributed by atoms with E-state index in [0.717, 1.165) is 29.1 Å². The van der Waals surface area contributed by atoms with Gasteiger partial charge in [-0.25, -0.2) is 9.89 Å². The number of halogens is 1. The molecule has 0 radical (unpaired) electrons. The Labute approximate surface area is 121 Å². The third-order valence-corrected chi connectivity index (χ3v) is 5.97. The quantitative estimate of drug-likeness (QED) is 0.613. The maximum Gasteiger partial charge on any atom is 0.344 e. The Morgan fingerprint density at radius 1 is 1.44 bits per heavy atom. The number of aromatic nitrogens is 3. The topological polar surface area (TPSA) is 50.7 Å². The molecule has 0 aromatic carbocycles. The van der Waals surface area contributed by atoms with Gasteiger partial charge in [0.25, 0.3) is 0 Å². The van der Waals surface area contributed by atoms with Crippen molar-refractivity contribution in [3.8, 4) is 0 Å². The van der Waals surface area contributed by atoms with E-state index in [1.54, 1.807) is 16.3 Å². The minimum absolute atomic E-state index is 0.120. The van der Waals surface area contributed by atoms with Gasteiger partial charge in [-0.1, -0.05) is 41.5 Å². The third-order valence-electron chi connectivity index (χ3n) is 3.48. The van der Waals surface area contributed by atoms with Gasteiger partial charge in [-0.3, -0.25) is 4.57 Å². The summed E-state index contributed by atoms with van der Waals surface area (Å²) in [6.45, 7) is 8.42. The second-order valence-electron chi connectivity index (χ2n) is 4.90. The van der Waals surface area contributed by atoms with E-state index in [2.05, 4.69) is 40.0 Å². The highest BCUT2D eigenvalue weighted by Gasteiger charge is 2.26. The SMILES string of the molecule is CCC(CC)(CBr)CSc1n[nH]c(=O)n1C(C)C. The number of thioether (sulfide) groups is 1. The van der Waals surface area contributed by atoms with E-state index in [1.807, 2.05) is 13.8 Å². The van der Waals surface area contributed by atoms with Crippen LogP contribution in [0.5, 0.6) is 0 Å². The number of hydrogen-bond acceptors (Lipinski definition) is 3. The van der Waals surface area contributed by atoms with Crippen molar-refractivity contribution in [3.63, 3.8) is 0 Å². The molecule has 0 atom stereocenters. The van der Waals surface area contributed by atoms with Crippen molar-refractivity contribution in [2.75, 3.05) is 11.1 Å². The summed E-state index contributed by atoms with van der Waals surface area (Å²) in [6.07, 6.45) is 2.25. The zero-order valence-corrected chi connectivity index (χ0v) is 13.9. The number of hydrogen-bond donors (Lipinski definition) is 1. The average Bonchev–Trinajstić information content (AvgIpc) is 2.73. The fourth-order valence-electron chi connectivity index (χ4n) is 1.75. The van der Waals surface area contributed by atoms with Crippen molar-refractivity contribution < 1.29 is 0 Å². The van der Waals surface area contributed by atoms with Crippen LogP contribution in [0.3, 0.4) is 0 Å². The van der Waals surface area contributed by atoms with Crippen molar-refractivity contribution in [2.24, 2.45) is 5.41 Å². The van der Waals surface area contributed by atoms with E-state index in [9.17, 15) is 4.79 Å². The van der Waals surface area contributed by atoms with Crippen molar-refractivity contribution >= 4 is 27.7 Å². The molecule has 4 nitrogen and oxygen atoms in total. The maximum absolute atomic E-state index is 11.6. The first-order valence-corrected chi connectivity index (χ1v) is 8.46. The van der Waals surface area contributed by atoms with Crippen molar-refractivity contribution in [1.29, 1.82) is 0 Å². The molecule has 1 N–H and O–H groups in total. The molecule has 0 aliphatic heterocycles. The van der Waals surface area contributed by atoms with E-state index < -0.39 is 0 Å². The van der Waals surface area contributed by atoms with E-state index >= 15 is 0 Å². The summed E-state index contributed by atoms with van der Waals surface area (Å²) >= 11 is 5.28. The van der Waals surface area contributed by atoms with Gasteiger partial charge in [0.2, 0.25) is 0 Å². The summed E-state index contributed by atoms with van der Waals surface area (Å²) in [6, 6.07) is 0.139. The largest absolute Gasteiger partial charge is 0.344 e. The van der Waals surface area contributed by atoms with Crippen LogP contribution in [-0.2, 0) is 0 Å². The van der Waals surface area contributed by atoms with Crippen molar-refractivity contribution in [2.45, 2.75) is 51.7 Å². The van der Waals surface area contributed by atoms with Crippen LogP contribution < -0.4 is 5.69 Å². The second kappa shape index (κ2) is 6.80. The van der Waals surface area contributed by atoms with Gasteiger partial charge >= 0.3 is 5.69 Å². The molecule has 0 aliphatic carbocycles. The molecule has 18 heavy (non-hydrogen) atoms. The Balaban J connectivity index is 2.83. The predicted molar refractivity (Wildman–Crippen MR) is 80.8 cm³/mol. The molecule has 1 heterocycles. The molecule has 1 aromatic heterocycles. The predicted octanol–water partition coefficient (Wildman–Crippen LogP) is 3.45. The second-order valence-corrected chi connectivity index (χ2v) is 6.41. The van der Waals surface area contributed by atoms with Crippen LogP contribution in [0.15, 0.2) is 9.95 Å². The molecular formula is C12H22BrN3OS. The molecule has 1 aromatic rings. The summed E-state index contributed by atoms with van der Waals surface area (Å²) in [4.78, 5) is 11.6. The first-order valence-electron chi connectivity index (χ1n) is 6.35. The number of rotatable bonds is 7. The normalized spacial score (nSPS) is 12.3. The van der Waals surface area contributed by atoms with Crippen LogP contribution >= 0.6 is 27.7 Å². The average molecular weight is 336 g/mol. The Hall–Kier alpha value is -0.230. The van der Waals surface area contributed by atoms with Gasteiger partial charge in [0.05, 0.1) is 0 Å². The lowest BCUT2D eigenvalue weighted by atomic mass is 9.87. The Morgan fingerprint density at radius 2 is 2.06 bits per heavy atom. The number of H-pyrrole nitrogens is 1. The van der Waals surface area contributed by atoms with Crippen LogP contribution in [0.2, 0.25) is 0 Å². The van der Waals surface area contributed by atoms with E-state index in [0.29, 0.717) is 0 Å². The molecule has 6 heteroatoms. The highest BCUT2D eigenvalue weighted by Crippen LogP contribution is 2.35. The Kier molecular flexibility index (Phi) is 5.98. The third kappa shape index (κ3) is 3.41. The zero-order valence-electron chi connectivity index (χ0n) is 11.5. The van der Waals surface area contributed by atoms with Crippen LogP contribution in [0, 0.1) is 5.41 Å². The van der Waals surface area contributed by atoms with E-state index in [4.69, 9.17) is 0 Å². The summed E-state index contributed by atoms with van der Waals surface area (Å²) in [5, 5.41) is 8.43. The minimum atomic E-state index is -0.120. The highest BCUT2D eigenvalue weighted by atomic mass is 79.9. The fourth-order valence-corrected chi connectivity index (χ4v) is 4.49. The van der Waals surface area contributed by atoms with Gasteiger partial charge in [-0.2, -0.15) is 0 Å². The summed E-state index contributed by atoms with van der Waals surface area (Å²) in [5.41, 5.74) is 0.159. The summed E-state index contributed by atoms with van der Waals surface area (Å²) in [7, 11) is 0. The molecule has 0 spiro atoms. The molecule has 104 valence electrons. The monoisotopic (exact) mass is 335 g/mol. The summed E-state index contributed by atoms with van der Waals surface area (Å²) in [5.74, 6) is 0.974. The van der Waals surface area contributed by atoms with E-state index in [1.165, 1.54) is 0 Å². The molecule has 0 aliphatic rings. The van der Waals surface area contributed by atoms with Crippen LogP contribution in [0.1, 0.15) is 46.6 Å².